The quantitative estimate of drug-likeness (QED) is 0.590. The second-order valence-electron chi connectivity index (χ2n) is 6.28. The Labute approximate surface area is 155 Å². The highest BCUT2D eigenvalue weighted by Crippen LogP contribution is 2.20. The summed E-state index contributed by atoms with van der Waals surface area (Å²) in [5.41, 5.74) is 4.25. The van der Waals surface area contributed by atoms with E-state index in [9.17, 15) is 4.79 Å². The van der Waals surface area contributed by atoms with Gasteiger partial charge in [-0.1, -0.05) is 6.07 Å². The Bertz CT molecular complexity index is 1140. The Kier molecular flexibility index (Phi) is 4.11. The Balaban J connectivity index is 1.56. The van der Waals surface area contributed by atoms with Gasteiger partial charge in [-0.25, -0.2) is 9.50 Å². The third-order valence-electron chi connectivity index (χ3n) is 4.13. The monoisotopic (exact) mass is 362 g/mol. The SMILES string of the molecule is Cc1cc(C)n2nc(C(=O)NCc3cccnc3-c3cnn(C)c3)nc2n1. The van der Waals surface area contributed by atoms with Crippen LogP contribution in [0.1, 0.15) is 27.6 Å². The van der Waals surface area contributed by atoms with Gasteiger partial charge in [0, 0.05) is 42.9 Å². The van der Waals surface area contributed by atoms with Crippen molar-refractivity contribution in [3.8, 4) is 11.3 Å². The molecule has 1 N–H and O–H groups in total. The molecule has 0 bridgehead atoms. The second-order valence-corrected chi connectivity index (χ2v) is 6.28. The number of carbonyl (C=O) groups is 1. The zero-order valence-corrected chi connectivity index (χ0v) is 15.2. The average molecular weight is 362 g/mol. The first kappa shape index (κ1) is 16.8. The summed E-state index contributed by atoms with van der Waals surface area (Å²) in [7, 11) is 1.85. The van der Waals surface area contributed by atoms with E-state index in [0.717, 1.165) is 28.2 Å². The molecule has 9 nitrogen and oxygen atoms in total. The number of carbonyl (C=O) groups excluding carboxylic acids is 1. The fourth-order valence-corrected chi connectivity index (χ4v) is 2.90. The van der Waals surface area contributed by atoms with Gasteiger partial charge in [-0.2, -0.15) is 10.1 Å². The van der Waals surface area contributed by atoms with Gasteiger partial charge in [-0.3, -0.25) is 14.5 Å². The number of hydrogen-bond acceptors (Lipinski definition) is 6. The van der Waals surface area contributed by atoms with Crippen molar-refractivity contribution in [2.24, 2.45) is 7.05 Å². The van der Waals surface area contributed by atoms with Crippen LogP contribution in [0.5, 0.6) is 0 Å². The third kappa shape index (κ3) is 3.26. The van der Waals surface area contributed by atoms with Crippen molar-refractivity contribution in [3.05, 3.63) is 59.6 Å². The molecule has 0 fully saturated rings. The lowest BCUT2D eigenvalue weighted by Gasteiger charge is -2.07. The maximum atomic E-state index is 12.5. The summed E-state index contributed by atoms with van der Waals surface area (Å²) < 4.78 is 3.28. The number of nitrogens with zero attached hydrogens (tertiary/aromatic N) is 7. The predicted molar refractivity (Wildman–Crippen MR) is 97.9 cm³/mol. The van der Waals surface area contributed by atoms with Crippen molar-refractivity contribution in [1.29, 1.82) is 0 Å². The predicted octanol–water partition coefficient (Wildman–Crippen LogP) is 1.47. The molecular weight excluding hydrogens is 344 g/mol. The van der Waals surface area contributed by atoms with E-state index >= 15 is 0 Å². The topological polar surface area (TPSA) is 103 Å². The van der Waals surface area contributed by atoms with Gasteiger partial charge in [0.2, 0.25) is 5.82 Å². The van der Waals surface area contributed by atoms with Gasteiger partial charge in [-0.15, -0.1) is 5.10 Å². The molecule has 0 radical (unpaired) electrons. The number of nitrogens with one attached hydrogen (secondary N) is 1. The average Bonchev–Trinajstić information content (AvgIpc) is 3.26. The number of aromatic nitrogens is 7. The lowest BCUT2D eigenvalue weighted by Crippen LogP contribution is -2.24. The number of fused-ring (bicyclic) bond motifs is 1. The van der Waals surface area contributed by atoms with E-state index in [1.807, 2.05) is 45.3 Å². The lowest BCUT2D eigenvalue weighted by atomic mass is 10.1. The minimum atomic E-state index is -0.362. The molecule has 27 heavy (non-hydrogen) atoms. The van der Waals surface area contributed by atoms with E-state index in [1.165, 1.54) is 0 Å². The number of pyridine rings is 1. The summed E-state index contributed by atoms with van der Waals surface area (Å²) in [6.45, 7) is 4.08. The van der Waals surface area contributed by atoms with Gasteiger partial charge in [0.05, 0.1) is 11.9 Å². The van der Waals surface area contributed by atoms with E-state index in [-0.39, 0.29) is 11.7 Å². The molecular formula is C18H18N8O. The fourth-order valence-electron chi connectivity index (χ4n) is 2.90. The summed E-state index contributed by atoms with van der Waals surface area (Å²) in [4.78, 5) is 25.5. The van der Waals surface area contributed by atoms with Gasteiger partial charge in [0.1, 0.15) is 0 Å². The number of hydrogen-bond donors (Lipinski definition) is 1. The number of aryl methyl sites for hydroxylation is 3. The first-order chi connectivity index (χ1) is 13.0. The second kappa shape index (κ2) is 6.60. The van der Waals surface area contributed by atoms with Crippen molar-refractivity contribution in [2.45, 2.75) is 20.4 Å². The summed E-state index contributed by atoms with van der Waals surface area (Å²) in [5, 5.41) is 11.3. The number of rotatable bonds is 4. The van der Waals surface area contributed by atoms with Crippen molar-refractivity contribution in [3.63, 3.8) is 0 Å². The van der Waals surface area contributed by atoms with Crippen LogP contribution in [-0.2, 0) is 13.6 Å². The zero-order chi connectivity index (χ0) is 19.0. The summed E-state index contributed by atoms with van der Waals surface area (Å²) >= 11 is 0. The van der Waals surface area contributed by atoms with Crippen LogP contribution in [0.15, 0.2) is 36.8 Å². The van der Waals surface area contributed by atoms with Crippen LogP contribution in [0.25, 0.3) is 17.0 Å². The molecule has 136 valence electrons. The van der Waals surface area contributed by atoms with Crippen LogP contribution in [-0.4, -0.2) is 40.3 Å². The minimum absolute atomic E-state index is 0.0861. The Morgan fingerprint density at radius 3 is 2.89 bits per heavy atom. The molecule has 1 amide bonds. The maximum Gasteiger partial charge on any atom is 0.291 e. The molecule has 0 aliphatic rings. The van der Waals surface area contributed by atoms with Crippen molar-refractivity contribution in [2.75, 3.05) is 0 Å². The van der Waals surface area contributed by atoms with Gasteiger partial charge in [0.15, 0.2) is 0 Å². The fraction of sp³-hybridized carbons (Fsp3) is 0.222. The Morgan fingerprint density at radius 2 is 2.11 bits per heavy atom. The summed E-state index contributed by atoms with van der Waals surface area (Å²) in [6, 6.07) is 5.64. The van der Waals surface area contributed by atoms with E-state index < -0.39 is 0 Å². The smallest absolute Gasteiger partial charge is 0.291 e. The van der Waals surface area contributed by atoms with E-state index in [1.54, 1.807) is 21.6 Å². The molecule has 4 heterocycles. The maximum absolute atomic E-state index is 12.5. The highest BCUT2D eigenvalue weighted by Gasteiger charge is 2.16. The molecule has 0 atom stereocenters. The molecule has 0 aliphatic heterocycles. The highest BCUT2D eigenvalue weighted by atomic mass is 16.2. The molecule has 0 aliphatic carbocycles. The molecule has 0 aromatic carbocycles. The zero-order valence-electron chi connectivity index (χ0n) is 15.2. The summed E-state index contributed by atoms with van der Waals surface area (Å²) in [5.74, 6) is 0.136. The standard InChI is InChI=1S/C18H18N8O/c1-11-7-12(2)26-18(22-11)23-16(24-26)17(27)20-8-13-5-4-6-19-15(13)14-9-21-25(3)10-14/h4-7,9-10H,8H2,1-3H3,(H,20,27). The molecule has 4 aromatic rings. The van der Waals surface area contributed by atoms with Crippen molar-refractivity contribution >= 4 is 11.7 Å². The lowest BCUT2D eigenvalue weighted by molar-refractivity contribution is 0.0941. The number of amides is 1. The first-order valence-electron chi connectivity index (χ1n) is 8.43. The Hall–Kier alpha value is -3.62. The van der Waals surface area contributed by atoms with Crippen molar-refractivity contribution in [1.82, 2.24) is 39.7 Å². The van der Waals surface area contributed by atoms with E-state index in [4.69, 9.17) is 0 Å². The largest absolute Gasteiger partial charge is 0.345 e. The molecule has 0 saturated heterocycles. The van der Waals surface area contributed by atoms with Crippen LogP contribution >= 0.6 is 0 Å². The third-order valence-corrected chi connectivity index (χ3v) is 4.13. The van der Waals surface area contributed by atoms with Crippen LogP contribution in [0.3, 0.4) is 0 Å². The van der Waals surface area contributed by atoms with Gasteiger partial charge in [0.25, 0.3) is 11.7 Å². The molecule has 0 spiro atoms. The van der Waals surface area contributed by atoms with Crippen LogP contribution in [0.2, 0.25) is 0 Å². The molecule has 0 saturated carbocycles. The van der Waals surface area contributed by atoms with Gasteiger partial charge >= 0.3 is 0 Å². The van der Waals surface area contributed by atoms with Crippen LogP contribution in [0.4, 0.5) is 0 Å². The Morgan fingerprint density at radius 1 is 1.26 bits per heavy atom. The van der Waals surface area contributed by atoms with Crippen molar-refractivity contribution < 1.29 is 4.79 Å². The van der Waals surface area contributed by atoms with Gasteiger partial charge in [-0.05, 0) is 31.5 Å². The van der Waals surface area contributed by atoms with Crippen LogP contribution < -0.4 is 5.32 Å². The van der Waals surface area contributed by atoms with Gasteiger partial charge < -0.3 is 5.32 Å². The normalized spacial score (nSPS) is 11.1. The molecule has 4 aromatic heterocycles. The van der Waals surface area contributed by atoms with E-state index in [2.05, 4.69) is 30.5 Å². The van der Waals surface area contributed by atoms with Crippen LogP contribution in [0, 0.1) is 13.8 Å². The first-order valence-corrected chi connectivity index (χ1v) is 8.43. The molecule has 0 unspecified atom stereocenters. The van der Waals surface area contributed by atoms with E-state index in [0.29, 0.717) is 12.3 Å². The molecule has 4 rings (SSSR count). The summed E-state index contributed by atoms with van der Waals surface area (Å²) in [6.07, 6.45) is 5.34. The minimum Gasteiger partial charge on any atom is -0.345 e. The molecule has 9 heteroatoms. The highest BCUT2D eigenvalue weighted by molar-refractivity contribution is 5.90.